The van der Waals surface area contributed by atoms with E-state index in [1.807, 2.05) is 6.07 Å². The number of aromatic nitrogens is 2. The fourth-order valence-electron chi connectivity index (χ4n) is 3.07. The molecule has 9 nitrogen and oxygen atoms in total. The van der Waals surface area contributed by atoms with Crippen molar-refractivity contribution in [3.05, 3.63) is 57.4 Å². The highest BCUT2D eigenvalue weighted by Crippen LogP contribution is 2.43. The van der Waals surface area contributed by atoms with E-state index in [-0.39, 0.29) is 13.0 Å². The summed E-state index contributed by atoms with van der Waals surface area (Å²) in [4.78, 5) is 36.3. The molecule has 0 amide bonds. The van der Waals surface area contributed by atoms with E-state index < -0.39 is 37.3 Å². The lowest BCUT2D eigenvalue weighted by Crippen LogP contribution is -2.33. The van der Waals surface area contributed by atoms with Crippen LogP contribution in [0.25, 0.3) is 11.1 Å². The Balaban J connectivity index is 1.95. The third-order valence-corrected chi connectivity index (χ3v) is 4.87. The molecular formula is C17H21N2O7P. The topological polar surface area (TPSA) is 120 Å². The van der Waals surface area contributed by atoms with Gasteiger partial charge in [-0.3, -0.25) is 18.9 Å². The second-order valence-electron chi connectivity index (χ2n) is 6.34. The van der Waals surface area contributed by atoms with Gasteiger partial charge < -0.3 is 18.9 Å². The molecule has 4 atom stereocenters. The van der Waals surface area contributed by atoms with Crippen LogP contribution in [0.15, 0.2) is 46.1 Å². The number of ether oxygens (including phenoxy) is 2. The Morgan fingerprint density at radius 2 is 2.04 bits per heavy atom. The van der Waals surface area contributed by atoms with Gasteiger partial charge in [-0.2, -0.15) is 0 Å². The molecule has 1 aromatic carbocycles. The first-order valence-corrected chi connectivity index (χ1v) is 10.3. The lowest BCUT2D eigenvalue weighted by molar-refractivity contribution is -0.0518. The van der Waals surface area contributed by atoms with Crippen LogP contribution in [-0.4, -0.2) is 47.0 Å². The fourth-order valence-corrected chi connectivity index (χ4v) is 3.79. The summed E-state index contributed by atoms with van der Waals surface area (Å²) in [6, 6.07) is 8.91. The summed E-state index contributed by atoms with van der Waals surface area (Å²) in [5.74, 6) is 0. The molecule has 10 heteroatoms. The maximum Gasteiger partial charge on any atom is 0.330 e. The van der Waals surface area contributed by atoms with E-state index >= 15 is 0 Å². The first-order valence-electron chi connectivity index (χ1n) is 8.32. The molecule has 0 saturated carbocycles. The van der Waals surface area contributed by atoms with Crippen LogP contribution in [0.1, 0.15) is 12.6 Å². The van der Waals surface area contributed by atoms with E-state index in [0.717, 1.165) is 6.66 Å². The summed E-state index contributed by atoms with van der Waals surface area (Å²) in [5.41, 5.74) is -0.171. The molecular weight excluding hydrogens is 375 g/mol. The van der Waals surface area contributed by atoms with Crippen molar-refractivity contribution in [1.29, 1.82) is 0 Å². The van der Waals surface area contributed by atoms with Gasteiger partial charge in [-0.05, 0) is 5.56 Å². The summed E-state index contributed by atoms with van der Waals surface area (Å²) in [6.45, 7) is 1.22. The number of aromatic amines is 1. The minimum Gasteiger partial charge on any atom is -0.382 e. The van der Waals surface area contributed by atoms with Gasteiger partial charge in [0.15, 0.2) is 0 Å². The number of nitrogens with zero attached hydrogens (tertiary/aromatic N) is 1. The Kier molecular flexibility index (Phi) is 5.78. The van der Waals surface area contributed by atoms with Crippen LogP contribution in [0.5, 0.6) is 0 Å². The second kappa shape index (κ2) is 7.92. The molecule has 3 rings (SSSR count). The predicted octanol–water partition coefficient (Wildman–Crippen LogP) is 1.34. The van der Waals surface area contributed by atoms with Crippen LogP contribution in [0.3, 0.4) is 0 Å². The van der Waals surface area contributed by atoms with Gasteiger partial charge in [0.1, 0.15) is 12.3 Å². The minimum atomic E-state index is -3.75. The number of hydrogen-bond acceptors (Lipinski definition) is 6. The highest BCUT2D eigenvalue weighted by atomic mass is 31.2. The molecule has 0 bridgehead atoms. The fraction of sp³-hybridized carbons (Fsp3) is 0.412. The first kappa shape index (κ1) is 19.7. The third-order valence-electron chi connectivity index (χ3n) is 4.21. The van der Waals surface area contributed by atoms with Crippen molar-refractivity contribution in [2.75, 3.05) is 20.4 Å². The first-order chi connectivity index (χ1) is 12.8. The molecule has 1 fully saturated rings. The average Bonchev–Trinajstić information content (AvgIpc) is 2.96. The van der Waals surface area contributed by atoms with Crippen molar-refractivity contribution < 1.29 is 23.5 Å². The van der Waals surface area contributed by atoms with Gasteiger partial charge in [-0.1, -0.05) is 30.3 Å². The third kappa shape index (κ3) is 4.63. The summed E-state index contributed by atoms with van der Waals surface area (Å²) < 4.78 is 29.0. The van der Waals surface area contributed by atoms with Gasteiger partial charge in [0.25, 0.3) is 5.56 Å². The maximum atomic E-state index is 12.3. The molecule has 146 valence electrons. The van der Waals surface area contributed by atoms with Crippen molar-refractivity contribution in [3.8, 4) is 11.1 Å². The van der Waals surface area contributed by atoms with Crippen LogP contribution in [0.2, 0.25) is 0 Å². The predicted molar refractivity (Wildman–Crippen MR) is 97.8 cm³/mol. The molecule has 4 unspecified atom stereocenters. The Labute approximate surface area is 155 Å². The van der Waals surface area contributed by atoms with Crippen molar-refractivity contribution in [2.24, 2.45) is 0 Å². The molecule has 1 aromatic heterocycles. The lowest BCUT2D eigenvalue weighted by atomic mass is 10.1. The minimum absolute atomic E-state index is 0.130. The number of H-pyrrole nitrogens is 1. The maximum absolute atomic E-state index is 12.3. The zero-order chi connectivity index (χ0) is 19.6. The molecule has 1 saturated heterocycles. The van der Waals surface area contributed by atoms with Gasteiger partial charge in [0.2, 0.25) is 0 Å². The summed E-state index contributed by atoms with van der Waals surface area (Å²) in [5, 5.41) is 0. The van der Waals surface area contributed by atoms with Gasteiger partial charge >= 0.3 is 13.3 Å². The number of rotatable bonds is 6. The van der Waals surface area contributed by atoms with Crippen LogP contribution in [0.4, 0.5) is 0 Å². The van der Waals surface area contributed by atoms with Crippen LogP contribution in [-0.2, 0) is 18.6 Å². The van der Waals surface area contributed by atoms with E-state index in [0.29, 0.717) is 11.1 Å². The van der Waals surface area contributed by atoms with E-state index in [2.05, 4.69) is 4.98 Å². The highest BCUT2D eigenvalue weighted by Gasteiger charge is 2.40. The zero-order valence-corrected chi connectivity index (χ0v) is 15.8. The van der Waals surface area contributed by atoms with E-state index in [4.69, 9.17) is 14.0 Å². The van der Waals surface area contributed by atoms with E-state index in [1.54, 1.807) is 24.3 Å². The van der Waals surface area contributed by atoms with Crippen molar-refractivity contribution in [3.63, 3.8) is 0 Å². The number of hydrogen-bond donors (Lipinski definition) is 2. The van der Waals surface area contributed by atoms with Gasteiger partial charge in [0.05, 0.1) is 18.3 Å². The van der Waals surface area contributed by atoms with Crippen LogP contribution in [0, 0.1) is 0 Å². The standard InChI is InChI=1S/C17H21N2O7P/c1-24-10-14-13(26-27(2,22)23)8-15(25-14)19-9-12(16(20)18-17(19)21)11-6-4-3-5-7-11/h3-7,9,13-15H,8,10H2,1-2H3,(H,22,23)(H,18,20,21). The Hall–Kier alpha value is -2.03. The molecule has 0 spiro atoms. The molecule has 2 N–H and O–H groups in total. The number of benzene rings is 1. The van der Waals surface area contributed by atoms with Crippen molar-refractivity contribution in [2.45, 2.75) is 24.9 Å². The monoisotopic (exact) mass is 396 g/mol. The Bertz CT molecular complexity index is 950. The van der Waals surface area contributed by atoms with Gasteiger partial charge in [-0.15, -0.1) is 0 Å². The van der Waals surface area contributed by atoms with E-state index in [9.17, 15) is 19.0 Å². The quantitative estimate of drug-likeness (QED) is 0.707. The van der Waals surface area contributed by atoms with Crippen molar-refractivity contribution in [1.82, 2.24) is 9.55 Å². The molecule has 2 heterocycles. The zero-order valence-electron chi connectivity index (χ0n) is 14.9. The Morgan fingerprint density at radius 1 is 1.33 bits per heavy atom. The SMILES string of the molecule is COCC1OC(n2cc(-c3ccccc3)c(=O)[nH]c2=O)CC1OP(C)(=O)O. The average molecular weight is 396 g/mol. The number of nitrogens with one attached hydrogen (secondary N) is 1. The van der Waals surface area contributed by atoms with Crippen molar-refractivity contribution >= 4 is 7.60 Å². The normalized spacial score (nSPS) is 24.6. The molecule has 2 aromatic rings. The van der Waals surface area contributed by atoms with Crippen LogP contribution >= 0.6 is 7.60 Å². The second-order valence-corrected chi connectivity index (χ2v) is 8.16. The summed E-state index contributed by atoms with van der Waals surface area (Å²) in [7, 11) is -2.28. The van der Waals surface area contributed by atoms with Gasteiger partial charge in [-0.25, -0.2) is 4.79 Å². The molecule has 0 aliphatic carbocycles. The highest BCUT2D eigenvalue weighted by molar-refractivity contribution is 7.51. The van der Waals surface area contributed by atoms with Gasteiger partial charge in [0, 0.05) is 26.4 Å². The molecule has 27 heavy (non-hydrogen) atoms. The summed E-state index contributed by atoms with van der Waals surface area (Å²) in [6.07, 6.45) is -0.535. The lowest BCUT2D eigenvalue weighted by Gasteiger charge is -2.19. The summed E-state index contributed by atoms with van der Waals surface area (Å²) >= 11 is 0. The van der Waals surface area contributed by atoms with E-state index in [1.165, 1.54) is 17.9 Å². The molecule has 1 aliphatic heterocycles. The largest absolute Gasteiger partial charge is 0.382 e. The number of methoxy groups -OCH3 is 1. The smallest absolute Gasteiger partial charge is 0.330 e. The molecule has 1 aliphatic rings. The Morgan fingerprint density at radius 3 is 2.67 bits per heavy atom. The van der Waals surface area contributed by atoms with Crippen LogP contribution < -0.4 is 11.2 Å². The molecule has 0 radical (unpaired) electrons.